The Kier molecular flexibility index (Phi) is 1.83. The van der Waals surface area contributed by atoms with Crippen LogP contribution in [-0.2, 0) is 0 Å². The molecule has 0 spiro atoms. The van der Waals surface area contributed by atoms with E-state index >= 15 is 0 Å². The molecule has 0 aromatic carbocycles. The number of fused-ring (bicyclic) bond motifs is 3. The summed E-state index contributed by atoms with van der Waals surface area (Å²) in [5, 5.41) is 1.70. The quantitative estimate of drug-likeness (QED) is 0.511. The summed E-state index contributed by atoms with van der Waals surface area (Å²) in [4.78, 5) is 0. The molecule has 13 heavy (non-hydrogen) atoms. The van der Waals surface area contributed by atoms with Crippen molar-refractivity contribution in [2.75, 3.05) is 0 Å². The Bertz CT molecular complexity index is 320. The maximum absolute atomic E-state index is 4.17. The van der Waals surface area contributed by atoms with Crippen molar-refractivity contribution in [3.05, 3.63) is 35.7 Å². The van der Waals surface area contributed by atoms with Crippen LogP contribution in [0.4, 0.5) is 0 Å². The minimum absolute atomic E-state index is 0.334. The Morgan fingerprint density at radius 1 is 1.38 bits per heavy atom. The van der Waals surface area contributed by atoms with Crippen molar-refractivity contribution in [1.29, 1.82) is 0 Å². The predicted octanol–water partition coefficient (Wildman–Crippen LogP) is 3.86. The average molecular weight is 192 g/mol. The van der Waals surface area contributed by atoms with E-state index in [0.717, 1.165) is 8.58 Å². The van der Waals surface area contributed by atoms with Gasteiger partial charge in [-0.3, -0.25) is 0 Å². The van der Waals surface area contributed by atoms with Crippen LogP contribution < -0.4 is 0 Å². The van der Waals surface area contributed by atoms with Gasteiger partial charge in [0.25, 0.3) is 0 Å². The first kappa shape index (κ1) is 9.21. The van der Waals surface area contributed by atoms with E-state index in [1.54, 1.807) is 0 Å². The number of rotatable bonds is 0. The molecule has 0 aromatic rings. The van der Waals surface area contributed by atoms with E-state index in [0.29, 0.717) is 10.6 Å². The van der Waals surface area contributed by atoms with E-state index in [4.69, 9.17) is 0 Å². The van der Waals surface area contributed by atoms with E-state index < -0.39 is 0 Å². The smallest absolute Gasteiger partial charge is 0.0126 e. The summed E-state index contributed by atoms with van der Waals surface area (Å²) in [7, 11) is 0.864. The van der Waals surface area contributed by atoms with Crippen LogP contribution >= 0.6 is 8.58 Å². The molecular weight excluding hydrogens is 175 g/mol. The van der Waals surface area contributed by atoms with Crippen molar-refractivity contribution >= 4 is 8.58 Å². The van der Waals surface area contributed by atoms with Gasteiger partial charge in [-0.2, -0.15) is 0 Å². The Labute approximate surface area is 82.6 Å². The Balaban J connectivity index is 2.53. The molecule has 1 fully saturated rings. The van der Waals surface area contributed by atoms with Gasteiger partial charge in [0.1, 0.15) is 0 Å². The third-order valence-corrected chi connectivity index (χ3v) is 5.55. The van der Waals surface area contributed by atoms with Crippen LogP contribution in [-0.4, -0.2) is 5.16 Å². The van der Waals surface area contributed by atoms with E-state index in [2.05, 4.69) is 45.6 Å². The van der Waals surface area contributed by atoms with E-state index in [1.807, 2.05) is 0 Å². The SMILES string of the molecule is C=C1PC2(C)C=CC=C1CC2(C)C. The van der Waals surface area contributed by atoms with Gasteiger partial charge in [-0.15, -0.1) is 0 Å². The molecule has 2 unspecified atom stereocenters. The van der Waals surface area contributed by atoms with Crippen molar-refractivity contribution in [3.8, 4) is 0 Å². The molecule has 3 aliphatic rings. The maximum atomic E-state index is 4.17. The normalized spacial score (nSPS) is 37.8. The second kappa shape index (κ2) is 2.58. The van der Waals surface area contributed by atoms with Crippen molar-refractivity contribution in [2.24, 2.45) is 5.41 Å². The second-order valence-corrected chi connectivity index (χ2v) is 6.81. The lowest BCUT2D eigenvalue weighted by Gasteiger charge is -2.47. The second-order valence-electron chi connectivity index (χ2n) is 4.92. The zero-order valence-electron chi connectivity index (χ0n) is 8.65. The van der Waals surface area contributed by atoms with Crippen LogP contribution in [0.5, 0.6) is 0 Å². The van der Waals surface area contributed by atoms with Gasteiger partial charge >= 0.3 is 0 Å². The molecule has 0 radical (unpaired) electrons. The predicted molar refractivity (Wildman–Crippen MR) is 61.5 cm³/mol. The third-order valence-electron chi connectivity index (χ3n) is 3.56. The molecule has 2 aliphatic heterocycles. The summed E-state index contributed by atoms with van der Waals surface area (Å²) in [5.74, 6) is 0. The Morgan fingerprint density at radius 2 is 2.08 bits per heavy atom. The lowest BCUT2D eigenvalue weighted by molar-refractivity contribution is 0.301. The van der Waals surface area contributed by atoms with Gasteiger partial charge in [0.2, 0.25) is 0 Å². The first-order chi connectivity index (χ1) is 5.95. The average Bonchev–Trinajstić information content (AvgIpc) is 2.17. The molecule has 0 aromatic heterocycles. The summed E-state index contributed by atoms with van der Waals surface area (Å²) in [5.41, 5.74) is 1.86. The zero-order valence-corrected chi connectivity index (χ0v) is 9.65. The van der Waals surface area contributed by atoms with Crippen molar-refractivity contribution in [1.82, 2.24) is 0 Å². The minimum Gasteiger partial charge on any atom is -0.0913 e. The summed E-state index contributed by atoms with van der Waals surface area (Å²) < 4.78 is 0. The molecule has 1 aliphatic carbocycles. The Hall–Kier alpha value is -0.350. The molecule has 0 saturated carbocycles. The van der Waals surface area contributed by atoms with Gasteiger partial charge in [-0.05, 0) is 22.7 Å². The lowest BCUT2D eigenvalue weighted by Crippen LogP contribution is -2.38. The molecule has 2 atom stereocenters. The highest BCUT2D eigenvalue weighted by Crippen LogP contribution is 2.61. The highest BCUT2D eigenvalue weighted by molar-refractivity contribution is 7.45. The number of allylic oxidation sites excluding steroid dienone is 5. The van der Waals surface area contributed by atoms with E-state index in [-0.39, 0.29) is 0 Å². The fourth-order valence-electron chi connectivity index (χ4n) is 2.11. The Morgan fingerprint density at radius 3 is 2.77 bits per heavy atom. The molecule has 1 heteroatoms. The van der Waals surface area contributed by atoms with Crippen LogP contribution in [0.3, 0.4) is 0 Å². The highest BCUT2D eigenvalue weighted by Gasteiger charge is 2.44. The molecule has 0 N–H and O–H groups in total. The van der Waals surface area contributed by atoms with Crippen molar-refractivity contribution in [2.45, 2.75) is 32.3 Å². The number of hydrogen-bond donors (Lipinski definition) is 0. The standard InChI is InChI=1S/C12H17P/c1-9-10-6-5-7-12(4,13-9)11(2,3)8-10/h5-7,13H,1,8H2,2-4H3. The van der Waals surface area contributed by atoms with Crippen LogP contribution in [0.2, 0.25) is 0 Å². The fraction of sp³-hybridized carbons (Fsp3) is 0.500. The van der Waals surface area contributed by atoms with Crippen LogP contribution in [0, 0.1) is 5.41 Å². The van der Waals surface area contributed by atoms with Gasteiger partial charge in [-0.1, -0.05) is 54.2 Å². The van der Waals surface area contributed by atoms with Gasteiger partial charge in [-0.25, -0.2) is 0 Å². The largest absolute Gasteiger partial charge is 0.0913 e. The van der Waals surface area contributed by atoms with Gasteiger partial charge in [0.05, 0.1) is 0 Å². The van der Waals surface area contributed by atoms with Gasteiger partial charge < -0.3 is 0 Å². The van der Waals surface area contributed by atoms with Crippen LogP contribution in [0.25, 0.3) is 0 Å². The maximum Gasteiger partial charge on any atom is 0.0126 e. The lowest BCUT2D eigenvalue weighted by atomic mass is 9.74. The van der Waals surface area contributed by atoms with Crippen molar-refractivity contribution < 1.29 is 0 Å². The number of hydrogen-bond acceptors (Lipinski definition) is 0. The molecule has 3 rings (SSSR count). The topological polar surface area (TPSA) is 0 Å². The van der Waals surface area contributed by atoms with Gasteiger partial charge in [0.15, 0.2) is 0 Å². The zero-order chi connectivity index (χ0) is 9.69. The van der Waals surface area contributed by atoms with E-state index in [1.165, 1.54) is 17.3 Å². The summed E-state index contributed by atoms with van der Waals surface area (Å²) in [6, 6.07) is 0. The minimum atomic E-state index is 0.334. The molecule has 2 heterocycles. The molecule has 2 bridgehead atoms. The first-order valence-electron chi connectivity index (χ1n) is 4.80. The van der Waals surface area contributed by atoms with Crippen molar-refractivity contribution in [3.63, 3.8) is 0 Å². The van der Waals surface area contributed by atoms with E-state index in [9.17, 15) is 0 Å². The molecule has 0 nitrogen and oxygen atoms in total. The van der Waals surface area contributed by atoms with Crippen LogP contribution in [0.15, 0.2) is 35.7 Å². The summed E-state index contributed by atoms with van der Waals surface area (Å²) in [6.45, 7) is 11.3. The van der Waals surface area contributed by atoms with Gasteiger partial charge in [0, 0.05) is 5.16 Å². The molecule has 1 saturated heterocycles. The summed E-state index contributed by atoms with van der Waals surface area (Å²) in [6.07, 6.45) is 8.02. The molecule has 70 valence electrons. The monoisotopic (exact) mass is 192 g/mol. The first-order valence-corrected chi connectivity index (χ1v) is 5.80. The molecular formula is C12H17P. The third kappa shape index (κ3) is 1.23. The van der Waals surface area contributed by atoms with Crippen LogP contribution in [0.1, 0.15) is 27.2 Å². The highest BCUT2D eigenvalue weighted by atomic mass is 31.1. The summed E-state index contributed by atoms with van der Waals surface area (Å²) >= 11 is 0. The fourth-order valence-corrected chi connectivity index (χ4v) is 3.68. The molecule has 0 amide bonds.